The highest BCUT2D eigenvalue weighted by Gasteiger charge is 1.99. The highest BCUT2D eigenvalue weighted by atomic mass is 19.1. The fourth-order valence-corrected chi connectivity index (χ4v) is 1.83. The summed E-state index contributed by atoms with van der Waals surface area (Å²) in [5.41, 5.74) is 1.72. The lowest BCUT2D eigenvalue weighted by Crippen LogP contribution is -2.19. The van der Waals surface area contributed by atoms with Crippen molar-refractivity contribution < 1.29 is 4.39 Å². The van der Waals surface area contributed by atoms with Crippen LogP contribution in [-0.4, -0.2) is 22.9 Å². The molecule has 1 aromatic heterocycles. The van der Waals surface area contributed by atoms with Crippen molar-refractivity contribution in [2.24, 2.45) is 7.05 Å². The monoisotopic (exact) mass is 262 g/mol. The van der Waals surface area contributed by atoms with Gasteiger partial charge in [0.1, 0.15) is 5.82 Å². The van der Waals surface area contributed by atoms with E-state index in [1.54, 1.807) is 18.3 Å². The summed E-state index contributed by atoms with van der Waals surface area (Å²) >= 11 is 0. The molecule has 1 aromatic carbocycles. The van der Waals surface area contributed by atoms with Gasteiger partial charge in [-0.05, 0) is 31.2 Å². The van der Waals surface area contributed by atoms with Crippen molar-refractivity contribution in [2.45, 2.75) is 13.0 Å². The van der Waals surface area contributed by atoms with Crippen molar-refractivity contribution in [3.05, 3.63) is 48.0 Å². The Morgan fingerprint density at radius 2 is 2.05 bits per heavy atom. The molecule has 0 amide bonds. The fourth-order valence-electron chi connectivity index (χ4n) is 1.83. The van der Waals surface area contributed by atoms with E-state index in [4.69, 9.17) is 0 Å². The molecule has 0 saturated heterocycles. The van der Waals surface area contributed by atoms with E-state index < -0.39 is 0 Å². The van der Waals surface area contributed by atoms with Gasteiger partial charge in [0.25, 0.3) is 0 Å². The van der Waals surface area contributed by atoms with E-state index in [1.807, 2.05) is 23.9 Å². The van der Waals surface area contributed by atoms with E-state index in [0.29, 0.717) is 5.69 Å². The lowest BCUT2D eigenvalue weighted by molar-refractivity contribution is 0.610. The first-order chi connectivity index (χ1) is 9.27. The largest absolute Gasteiger partial charge is 0.383 e. The van der Waals surface area contributed by atoms with E-state index >= 15 is 0 Å². The number of para-hydroxylation sites is 1. The van der Waals surface area contributed by atoms with Gasteiger partial charge in [0.2, 0.25) is 0 Å². The van der Waals surface area contributed by atoms with Crippen LogP contribution in [0.4, 0.5) is 10.1 Å². The Morgan fingerprint density at radius 3 is 2.79 bits per heavy atom. The highest BCUT2D eigenvalue weighted by Crippen LogP contribution is 2.11. The molecule has 0 aliphatic carbocycles. The predicted octanol–water partition coefficient (Wildman–Crippen LogP) is 2.15. The molecule has 0 radical (unpaired) electrons. The number of aryl methyl sites for hydroxylation is 1. The molecule has 0 aliphatic heterocycles. The Balaban J connectivity index is 1.60. The van der Waals surface area contributed by atoms with Crippen LogP contribution in [0.1, 0.15) is 12.1 Å². The first kappa shape index (κ1) is 13.5. The molecule has 0 bridgehead atoms. The van der Waals surface area contributed by atoms with Gasteiger partial charge in [0.05, 0.1) is 11.4 Å². The Hall–Kier alpha value is -1.88. The van der Waals surface area contributed by atoms with E-state index in [1.165, 1.54) is 6.07 Å². The maximum absolute atomic E-state index is 13.3. The predicted molar refractivity (Wildman–Crippen MR) is 74.4 cm³/mol. The zero-order chi connectivity index (χ0) is 13.5. The standard InChI is InChI=1S/C14H19FN4/c1-19-12(7-10-18-19)11-16-8-4-9-17-14-6-3-2-5-13(14)15/h2-3,5-7,10,16-17H,4,8-9,11H2,1H3. The zero-order valence-corrected chi connectivity index (χ0v) is 11.1. The second-order valence-electron chi connectivity index (χ2n) is 4.38. The number of nitrogens with one attached hydrogen (secondary N) is 2. The molecule has 5 heteroatoms. The van der Waals surface area contributed by atoms with Crippen molar-refractivity contribution >= 4 is 5.69 Å². The van der Waals surface area contributed by atoms with Crippen LogP contribution in [0.2, 0.25) is 0 Å². The van der Waals surface area contributed by atoms with Crippen LogP contribution < -0.4 is 10.6 Å². The summed E-state index contributed by atoms with van der Waals surface area (Å²) in [5, 5.41) is 10.5. The fraction of sp³-hybridized carbons (Fsp3) is 0.357. The number of halogens is 1. The van der Waals surface area contributed by atoms with Gasteiger partial charge >= 0.3 is 0 Å². The van der Waals surface area contributed by atoms with Crippen LogP contribution in [0.15, 0.2) is 36.5 Å². The summed E-state index contributed by atoms with van der Waals surface area (Å²) in [4.78, 5) is 0. The van der Waals surface area contributed by atoms with Gasteiger partial charge in [0, 0.05) is 26.3 Å². The number of benzene rings is 1. The first-order valence-corrected chi connectivity index (χ1v) is 6.43. The SMILES string of the molecule is Cn1nccc1CNCCCNc1ccccc1F. The maximum atomic E-state index is 13.3. The van der Waals surface area contributed by atoms with Gasteiger partial charge in [-0.3, -0.25) is 4.68 Å². The number of rotatable bonds is 7. The van der Waals surface area contributed by atoms with Crippen LogP contribution >= 0.6 is 0 Å². The number of hydrogen-bond donors (Lipinski definition) is 2. The van der Waals surface area contributed by atoms with Crippen LogP contribution in [-0.2, 0) is 13.6 Å². The Bertz CT molecular complexity index is 510. The topological polar surface area (TPSA) is 41.9 Å². The zero-order valence-electron chi connectivity index (χ0n) is 11.1. The number of nitrogens with zero attached hydrogens (tertiary/aromatic N) is 2. The van der Waals surface area contributed by atoms with Crippen molar-refractivity contribution in [1.29, 1.82) is 0 Å². The molecule has 2 aromatic rings. The minimum atomic E-state index is -0.203. The number of aromatic nitrogens is 2. The van der Waals surface area contributed by atoms with Crippen molar-refractivity contribution in [3.63, 3.8) is 0 Å². The molecule has 4 nitrogen and oxygen atoms in total. The lowest BCUT2D eigenvalue weighted by Gasteiger charge is -2.08. The van der Waals surface area contributed by atoms with Gasteiger partial charge in [0.15, 0.2) is 0 Å². The van der Waals surface area contributed by atoms with Gasteiger partial charge < -0.3 is 10.6 Å². The molecular formula is C14H19FN4. The molecule has 0 fully saturated rings. The summed E-state index contributed by atoms with van der Waals surface area (Å²) < 4.78 is 15.2. The van der Waals surface area contributed by atoms with E-state index in [-0.39, 0.29) is 5.82 Å². The van der Waals surface area contributed by atoms with Crippen LogP contribution in [0.3, 0.4) is 0 Å². The minimum Gasteiger partial charge on any atom is -0.383 e. The smallest absolute Gasteiger partial charge is 0.146 e. The van der Waals surface area contributed by atoms with E-state index in [0.717, 1.165) is 31.7 Å². The first-order valence-electron chi connectivity index (χ1n) is 6.43. The average Bonchev–Trinajstić information content (AvgIpc) is 2.81. The molecule has 2 rings (SSSR count). The van der Waals surface area contributed by atoms with Gasteiger partial charge in [-0.1, -0.05) is 12.1 Å². The summed E-state index contributed by atoms with van der Waals surface area (Å²) in [6, 6.07) is 8.72. The average molecular weight is 262 g/mol. The molecule has 2 N–H and O–H groups in total. The van der Waals surface area contributed by atoms with Crippen LogP contribution in [0, 0.1) is 5.82 Å². The summed E-state index contributed by atoms with van der Waals surface area (Å²) in [7, 11) is 1.93. The van der Waals surface area contributed by atoms with Gasteiger partial charge in [-0.2, -0.15) is 5.10 Å². The number of hydrogen-bond acceptors (Lipinski definition) is 3. The third kappa shape index (κ3) is 4.06. The third-order valence-electron chi connectivity index (χ3n) is 2.95. The Labute approximate surface area is 112 Å². The second kappa shape index (κ2) is 6.89. The van der Waals surface area contributed by atoms with Crippen molar-refractivity contribution in [1.82, 2.24) is 15.1 Å². The van der Waals surface area contributed by atoms with Gasteiger partial charge in [-0.15, -0.1) is 0 Å². The van der Waals surface area contributed by atoms with Crippen molar-refractivity contribution in [2.75, 3.05) is 18.4 Å². The van der Waals surface area contributed by atoms with E-state index in [2.05, 4.69) is 15.7 Å². The highest BCUT2D eigenvalue weighted by molar-refractivity contribution is 5.44. The van der Waals surface area contributed by atoms with Crippen LogP contribution in [0.25, 0.3) is 0 Å². The quantitative estimate of drug-likeness (QED) is 0.751. The molecule has 0 atom stereocenters. The molecule has 0 spiro atoms. The molecular weight excluding hydrogens is 243 g/mol. The normalized spacial score (nSPS) is 10.6. The van der Waals surface area contributed by atoms with Gasteiger partial charge in [-0.25, -0.2) is 4.39 Å². The molecule has 19 heavy (non-hydrogen) atoms. The molecule has 0 unspecified atom stereocenters. The Kier molecular flexibility index (Phi) is 4.92. The molecule has 0 saturated carbocycles. The molecule has 0 aliphatic rings. The lowest BCUT2D eigenvalue weighted by atomic mass is 10.3. The maximum Gasteiger partial charge on any atom is 0.146 e. The Morgan fingerprint density at radius 1 is 1.21 bits per heavy atom. The van der Waals surface area contributed by atoms with Crippen molar-refractivity contribution in [3.8, 4) is 0 Å². The van der Waals surface area contributed by atoms with E-state index in [9.17, 15) is 4.39 Å². The summed E-state index contributed by atoms with van der Waals surface area (Å²) in [5.74, 6) is -0.203. The third-order valence-corrected chi connectivity index (χ3v) is 2.95. The van der Waals surface area contributed by atoms with Crippen LogP contribution in [0.5, 0.6) is 0 Å². The summed E-state index contributed by atoms with van der Waals surface area (Å²) in [6.45, 7) is 2.43. The second-order valence-corrected chi connectivity index (χ2v) is 4.38. The number of anilines is 1. The molecule has 1 heterocycles. The molecule has 102 valence electrons. The summed E-state index contributed by atoms with van der Waals surface area (Å²) in [6.07, 6.45) is 2.73. The minimum absolute atomic E-state index is 0.203.